The topological polar surface area (TPSA) is 49.4 Å². The van der Waals surface area contributed by atoms with Gasteiger partial charge in [-0.3, -0.25) is 9.59 Å². The normalized spacial score (nSPS) is 15.0. The van der Waals surface area contributed by atoms with Crippen LogP contribution in [0.4, 0.5) is 4.39 Å². The highest BCUT2D eigenvalue weighted by Gasteiger charge is 2.28. The molecule has 1 aliphatic carbocycles. The van der Waals surface area contributed by atoms with Gasteiger partial charge in [0.05, 0.1) is 5.75 Å². The molecule has 0 aliphatic heterocycles. The summed E-state index contributed by atoms with van der Waals surface area (Å²) in [6.07, 6.45) is 4.28. The summed E-state index contributed by atoms with van der Waals surface area (Å²) in [5.74, 6) is 0.130. The molecular weight excluding hydrogens is 399 g/mol. The second-order valence-corrected chi connectivity index (χ2v) is 8.74. The molecule has 3 rings (SSSR count). The van der Waals surface area contributed by atoms with Crippen LogP contribution in [0.25, 0.3) is 0 Å². The van der Waals surface area contributed by atoms with Crippen LogP contribution in [0.5, 0.6) is 0 Å². The average Bonchev–Trinajstić information content (AvgIpc) is 3.26. The van der Waals surface area contributed by atoms with Gasteiger partial charge in [-0.2, -0.15) is 0 Å². The van der Waals surface area contributed by atoms with Crippen molar-refractivity contribution < 1.29 is 14.0 Å². The van der Waals surface area contributed by atoms with Gasteiger partial charge in [0, 0.05) is 18.3 Å². The second-order valence-electron chi connectivity index (χ2n) is 7.76. The Morgan fingerprint density at radius 3 is 2.47 bits per heavy atom. The summed E-state index contributed by atoms with van der Waals surface area (Å²) in [5, 5.41) is 3.10. The van der Waals surface area contributed by atoms with Gasteiger partial charge in [0.1, 0.15) is 11.9 Å². The Hall–Kier alpha value is -2.34. The number of amides is 2. The maximum atomic E-state index is 13.8. The maximum absolute atomic E-state index is 13.8. The number of carbonyl (C=O) groups is 2. The lowest BCUT2D eigenvalue weighted by Crippen LogP contribution is -2.50. The Labute approximate surface area is 182 Å². The van der Waals surface area contributed by atoms with Gasteiger partial charge in [-0.15, -0.1) is 11.8 Å². The Balaban J connectivity index is 1.63. The summed E-state index contributed by atoms with van der Waals surface area (Å²) in [7, 11) is 0. The molecule has 2 amide bonds. The van der Waals surface area contributed by atoms with Crippen LogP contribution in [-0.2, 0) is 21.9 Å². The van der Waals surface area contributed by atoms with Crippen molar-refractivity contribution in [1.29, 1.82) is 0 Å². The van der Waals surface area contributed by atoms with E-state index >= 15 is 0 Å². The van der Waals surface area contributed by atoms with Crippen molar-refractivity contribution in [3.8, 4) is 0 Å². The number of thioether (sulfide) groups is 1. The minimum absolute atomic E-state index is 0.106. The van der Waals surface area contributed by atoms with E-state index in [1.54, 1.807) is 30.0 Å². The lowest BCUT2D eigenvalue weighted by Gasteiger charge is -2.29. The number of hydrogen-bond acceptors (Lipinski definition) is 3. The molecule has 1 saturated carbocycles. The summed E-state index contributed by atoms with van der Waals surface area (Å²) in [6.45, 7) is 2.16. The molecule has 4 nitrogen and oxygen atoms in total. The third-order valence-corrected chi connectivity index (χ3v) is 6.47. The van der Waals surface area contributed by atoms with Crippen molar-refractivity contribution in [2.45, 2.75) is 57.0 Å². The number of benzene rings is 2. The standard InChI is InChI=1S/C24H29FN2O2S/c1-18(24(29)26-21-12-6-7-13-21)27(15-19-9-3-2-4-10-19)23(28)17-30-16-20-11-5-8-14-22(20)25/h2-5,8-11,14,18,21H,6-7,12-13,15-17H2,1H3,(H,26,29)/t18-/m0/s1. The molecule has 0 bridgehead atoms. The van der Waals surface area contributed by atoms with Crippen LogP contribution in [0.1, 0.15) is 43.7 Å². The van der Waals surface area contributed by atoms with Crippen molar-refractivity contribution in [3.05, 3.63) is 71.5 Å². The molecule has 1 aliphatic rings. The van der Waals surface area contributed by atoms with Crippen LogP contribution in [0.2, 0.25) is 0 Å². The third kappa shape index (κ3) is 6.33. The Morgan fingerprint density at radius 1 is 1.10 bits per heavy atom. The smallest absolute Gasteiger partial charge is 0.242 e. The van der Waals surface area contributed by atoms with E-state index < -0.39 is 6.04 Å². The fourth-order valence-corrected chi connectivity index (χ4v) is 4.60. The molecule has 0 heterocycles. The van der Waals surface area contributed by atoms with Gasteiger partial charge in [0.15, 0.2) is 0 Å². The molecule has 0 radical (unpaired) electrons. The van der Waals surface area contributed by atoms with Gasteiger partial charge in [-0.1, -0.05) is 61.4 Å². The van der Waals surface area contributed by atoms with Crippen molar-refractivity contribution in [1.82, 2.24) is 10.2 Å². The van der Waals surface area contributed by atoms with E-state index in [-0.39, 0.29) is 29.4 Å². The van der Waals surface area contributed by atoms with E-state index in [9.17, 15) is 14.0 Å². The molecule has 0 spiro atoms. The highest BCUT2D eigenvalue weighted by molar-refractivity contribution is 7.99. The highest BCUT2D eigenvalue weighted by Crippen LogP contribution is 2.20. The molecule has 0 aromatic heterocycles. The van der Waals surface area contributed by atoms with Crippen LogP contribution in [0, 0.1) is 5.82 Å². The van der Waals surface area contributed by atoms with E-state index in [1.807, 2.05) is 30.3 Å². The van der Waals surface area contributed by atoms with Crippen LogP contribution >= 0.6 is 11.8 Å². The number of hydrogen-bond donors (Lipinski definition) is 1. The fraction of sp³-hybridized carbons (Fsp3) is 0.417. The molecule has 6 heteroatoms. The average molecular weight is 429 g/mol. The van der Waals surface area contributed by atoms with Crippen molar-refractivity contribution in [3.63, 3.8) is 0 Å². The fourth-order valence-electron chi connectivity index (χ4n) is 3.70. The zero-order valence-electron chi connectivity index (χ0n) is 17.4. The van der Waals surface area contributed by atoms with Gasteiger partial charge in [-0.25, -0.2) is 4.39 Å². The number of halogens is 1. The number of carbonyl (C=O) groups excluding carboxylic acids is 2. The van der Waals surface area contributed by atoms with Gasteiger partial charge in [0.25, 0.3) is 0 Å². The molecule has 0 unspecified atom stereocenters. The lowest BCUT2D eigenvalue weighted by atomic mass is 10.1. The summed E-state index contributed by atoms with van der Waals surface area (Å²) >= 11 is 1.37. The largest absolute Gasteiger partial charge is 0.352 e. The first-order valence-electron chi connectivity index (χ1n) is 10.5. The first-order chi connectivity index (χ1) is 14.5. The van der Waals surface area contributed by atoms with E-state index in [0.29, 0.717) is 17.9 Å². The summed E-state index contributed by atoms with van der Waals surface area (Å²) in [6, 6.07) is 15.9. The first-order valence-corrected chi connectivity index (χ1v) is 11.6. The molecule has 1 fully saturated rings. The van der Waals surface area contributed by atoms with E-state index in [1.165, 1.54) is 17.8 Å². The first kappa shape index (κ1) is 22.3. The number of nitrogens with one attached hydrogen (secondary N) is 1. The Kier molecular flexibility index (Phi) is 8.31. The molecule has 0 saturated heterocycles. The zero-order valence-corrected chi connectivity index (χ0v) is 18.2. The highest BCUT2D eigenvalue weighted by atomic mass is 32.2. The van der Waals surface area contributed by atoms with Crippen LogP contribution in [-0.4, -0.2) is 34.6 Å². The molecule has 1 atom stereocenters. The zero-order chi connectivity index (χ0) is 21.3. The summed E-state index contributed by atoms with van der Waals surface area (Å²) in [4.78, 5) is 27.5. The van der Waals surface area contributed by atoms with Gasteiger partial charge in [0.2, 0.25) is 11.8 Å². The van der Waals surface area contributed by atoms with Gasteiger partial charge in [-0.05, 0) is 37.0 Å². The van der Waals surface area contributed by atoms with E-state index in [4.69, 9.17) is 0 Å². The Morgan fingerprint density at radius 2 is 1.77 bits per heavy atom. The molecule has 2 aromatic carbocycles. The predicted molar refractivity (Wildman–Crippen MR) is 119 cm³/mol. The van der Waals surface area contributed by atoms with Crippen molar-refractivity contribution in [2.24, 2.45) is 0 Å². The lowest BCUT2D eigenvalue weighted by molar-refractivity contribution is -0.138. The Bertz CT molecular complexity index is 840. The molecule has 2 aromatic rings. The number of nitrogens with zero attached hydrogens (tertiary/aromatic N) is 1. The number of rotatable bonds is 9. The molecule has 160 valence electrons. The second kappa shape index (κ2) is 11.2. The monoisotopic (exact) mass is 428 g/mol. The summed E-state index contributed by atoms with van der Waals surface area (Å²) < 4.78 is 13.8. The van der Waals surface area contributed by atoms with E-state index in [2.05, 4.69) is 5.32 Å². The van der Waals surface area contributed by atoms with Crippen molar-refractivity contribution in [2.75, 3.05) is 5.75 Å². The van der Waals surface area contributed by atoms with Gasteiger partial charge < -0.3 is 10.2 Å². The van der Waals surface area contributed by atoms with Crippen LogP contribution in [0.3, 0.4) is 0 Å². The maximum Gasteiger partial charge on any atom is 0.242 e. The minimum Gasteiger partial charge on any atom is -0.352 e. The molecular formula is C24H29FN2O2S. The van der Waals surface area contributed by atoms with E-state index in [0.717, 1.165) is 31.2 Å². The third-order valence-electron chi connectivity index (χ3n) is 5.51. The van der Waals surface area contributed by atoms with Crippen molar-refractivity contribution >= 4 is 23.6 Å². The minimum atomic E-state index is -0.563. The quantitative estimate of drug-likeness (QED) is 0.638. The summed E-state index contributed by atoms with van der Waals surface area (Å²) in [5.41, 5.74) is 1.56. The molecule has 1 N–H and O–H groups in total. The van der Waals surface area contributed by atoms with Crippen LogP contribution in [0.15, 0.2) is 54.6 Å². The predicted octanol–water partition coefficient (Wildman–Crippen LogP) is 4.54. The molecule has 30 heavy (non-hydrogen) atoms. The van der Waals surface area contributed by atoms with Gasteiger partial charge >= 0.3 is 0 Å². The van der Waals surface area contributed by atoms with Crippen LogP contribution < -0.4 is 5.32 Å². The SMILES string of the molecule is C[C@@H](C(=O)NC1CCCC1)N(Cc1ccccc1)C(=O)CSCc1ccccc1F.